The van der Waals surface area contributed by atoms with Crippen LogP contribution in [0.2, 0.25) is 0 Å². The second-order valence-electron chi connectivity index (χ2n) is 11.7. The van der Waals surface area contributed by atoms with Crippen molar-refractivity contribution in [2.24, 2.45) is 7.05 Å². The van der Waals surface area contributed by atoms with Gasteiger partial charge in [0.1, 0.15) is 5.65 Å². The molecular formula is C35H39N7O. The van der Waals surface area contributed by atoms with Gasteiger partial charge < -0.3 is 20.1 Å². The predicted octanol–water partition coefficient (Wildman–Crippen LogP) is 6.49. The molecule has 6 rings (SSSR count). The van der Waals surface area contributed by atoms with Gasteiger partial charge in [-0.05, 0) is 81.8 Å². The smallest absolute Gasteiger partial charge is 0.247 e. The van der Waals surface area contributed by atoms with Crippen molar-refractivity contribution in [2.45, 2.75) is 33.7 Å². The standard InChI is InChI=1S/C35H39N7O/c1-8-31(43)37-30-18-26(10-9-21(30)2)33-29-17-27(32-23(4)39-41(7)24(32)5)19-36-35(29)38-34(33)25-11-13-28(14-12-25)42-16-15-40(6)22(3)20-42/h8-14,17-19,22H,1,15-16,20H2,2-7H3,(H,36,38)(H,37,43)/t22-/m0/s1. The van der Waals surface area contributed by atoms with Gasteiger partial charge in [0.15, 0.2) is 0 Å². The molecule has 5 aromatic rings. The van der Waals surface area contributed by atoms with E-state index in [0.29, 0.717) is 6.04 Å². The summed E-state index contributed by atoms with van der Waals surface area (Å²) in [6.07, 6.45) is 3.21. The van der Waals surface area contributed by atoms with Gasteiger partial charge in [-0.1, -0.05) is 30.8 Å². The third-order valence-corrected chi connectivity index (χ3v) is 8.90. The van der Waals surface area contributed by atoms with E-state index in [1.807, 2.05) is 43.9 Å². The first-order valence-electron chi connectivity index (χ1n) is 14.8. The molecule has 1 amide bonds. The first kappa shape index (κ1) is 28.4. The number of piperazine rings is 1. The van der Waals surface area contributed by atoms with Crippen LogP contribution in [0.15, 0.2) is 67.4 Å². The van der Waals surface area contributed by atoms with E-state index >= 15 is 0 Å². The lowest BCUT2D eigenvalue weighted by molar-refractivity contribution is -0.111. The zero-order valence-electron chi connectivity index (χ0n) is 25.8. The van der Waals surface area contributed by atoms with Gasteiger partial charge in [-0.15, -0.1) is 0 Å². The number of hydrogen-bond acceptors (Lipinski definition) is 5. The Labute approximate surface area is 253 Å². The molecule has 0 saturated carbocycles. The van der Waals surface area contributed by atoms with E-state index in [2.05, 4.69) is 89.1 Å². The largest absolute Gasteiger partial charge is 0.369 e. The molecule has 1 aliphatic rings. The third-order valence-electron chi connectivity index (χ3n) is 8.90. The Balaban J connectivity index is 1.50. The number of benzene rings is 2. The van der Waals surface area contributed by atoms with Crippen LogP contribution >= 0.6 is 0 Å². The van der Waals surface area contributed by atoms with Gasteiger partial charge in [0.25, 0.3) is 0 Å². The average molecular weight is 574 g/mol. The summed E-state index contributed by atoms with van der Waals surface area (Å²) >= 11 is 0. The van der Waals surface area contributed by atoms with Gasteiger partial charge >= 0.3 is 0 Å². The number of nitrogens with zero attached hydrogens (tertiary/aromatic N) is 5. The lowest BCUT2D eigenvalue weighted by Gasteiger charge is -2.39. The number of carbonyl (C=O) groups is 1. The molecule has 3 aromatic heterocycles. The molecule has 1 fully saturated rings. The summed E-state index contributed by atoms with van der Waals surface area (Å²) in [6.45, 7) is 15.1. The predicted molar refractivity (Wildman–Crippen MR) is 177 cm³/mol. The van der Waals surface area contributed by atoms with Crippen LogP contribution in [0, 0.1) is 20.8 Å². The maximum absolute atomic E-state index is 12.2. The zero-order valence-corrected chi connectivity index (χ0v) is 25.8. The quantitative estimate of drug-likeness (QED) is 0.227. The summed E-state index contributed by atoms with van der Waals surface area (Å²) < 4.78 is 1.91. The van der Waals surface area contributed by atoms with Gasteiger partial charge in [0, 0.05) is 78.1 Å². The van der Waals surface area contributed by atoms with Crippen LogP contribution in [-0.2, 0) is 11.8 Å². The van der Waals surface area contributed by atoms with E-state index in [9.17, 15) is 4.79 Å². The fraction of sp³-hybridized carbons (Fsp3) is 0.286. The Morgan fingerprint density at radius 2 is 1.74 bits per heavy atom. The van der Waals surface area contributed by atoms with E-state index in [1.165, 1.54) is 11.8 Å². The van der Waals surface area contributed by atoms with Crippen molar-refractivity contribution in [2.75, 3.05) is 36.9 Å². The Morgan fingerprint density at radius 3 is 2.42 bits per heavy atom. The highest BCUT2D eigenvalue weighted by Crippen LogP contribution is 2.41. The maximum atomic E-state index is 12.2. The van der Waals surface area contributed by atoms with Crippen LogP contribution in [0.3, 0.4) is 0 Å². The molecular weight excluding hydrogens is 534 g/mol. The number of hydrogen-bond donors (Lipinski definition) is 2. The molecule has 0 unspecified atom stereocenters. The monoisotopic (exact) mass is 573 g/mol. The van der Waals surface area contributed by atoms with Crippen molar-refractivity contribution in [3.63, 3.8) is 0 Å². The number of likely N-dealkylation sites (N-methyl/N-ethyl adjacent to an activating group) is 1. The van der Waals surface area contributed by atoms with Crippen LogP contribution in [-0.4, -0.2) is 63.3 Å². The summed E-state index contributed by atoms with van der Waals surface area (Å²) in [7, 11) is 4.16. The number of amides is 1. The zero-order chi connectivity index (χ0) is 30.4. The lowest BCUT2D eigenvalue weighted by atomic mass is 9.95. The number of pyridine rings is 1. The molecule has 0 aliphatic carbocycles. The molecule has 1 saturated heterocycles. The number of H-pyrrole nitrogens is 1. The topological polar surface area (TPSA) is 82.1 Å². The SMILES string of the molecule is C=CC(=O)Nc1cc(-c2c(-c3ccc(N4CCN(C)[C@@H](C)C4)cc3)[nH]c3ncc(-c4c(C)nn(C)c4C)cc23)ccc1C. The molecule has 2 aromatic carbocycles. The second-order valence-corrected chi connectivity index (χ2v) is 11.7. The van der Waals surface area contributed by atoms with Gasteiger partial charge in [-0.3, -0.25) is 9.48 Å². The highest BCUT2D eigenvalue weighted by Gasteiger charge is 2.23. The van der Waals surface area contributed by atoms with Crippen LogP contribution in [0.5, 0.6) is 0 Å². The van der Waals surface area contributed by atoms with E-state index in [4.69, 9.17) is 4.98 Å². The first-order valence-corrected chi connectivity index (χ1v) is 14.8. The summed E-state index contributed by atoms with van der Waals surface area (Å²) in [5.74, 6) is -0.236. The maximum Gasteiger partial charge on any atom is 0.247 e. The lowest BCUT2D eigenvalue weighted by Crippen LogP contribution is -2.50. The Kier molecular flexibility index (Phi) is 7.40. The van der Waals surface area contributed by atoms with Crippen molar-refractivity contribution >= 4 is 28.3 Å². The van der Waals surface area contributed by atoms with E-state index < -0.39 is 0 Å². The summed E-state index contributed by atoms with van der Waals surface area (Å²) in [4.78, 5) is 25.6. The van der Waals surface area contributed by atoms with Crippen molar-refractivity contribution in [3.05, 3.63) is 84.3 Å². The molecule has 1 atom stereocenters. The molecule has 2 N–H and O–H groups in total. The Morgan fingerprint density at radius 1 is 1.00 bits per heavy atom. The van der Waals surface area contributed by atoms with Crippen molar-refractivity contribution in [1.29, 1.82) is 0 Å². The number of aromatic amines is 1. The molecule has 4 heterocycles. The summed E-state index contributed by atoms with van der Waals surface area (Å²) in [5.41, 5.74) is 12.0. The third kappa shape index (κ3) is 5.23. The number of carbonyl (C=O) groups excluding carboxylic acids is 1. The van der Waals surface area contributed by atoms with E-state index in [-0.39, 0.29) is 5.91 Å². The Hall–Kier alpha value is -4.69. The number of fused-ring (bicyclic) bond motifs is 1. The second kappa shape index (κ2) is 11.2. The van der Waals surface area contributed by atoms with Crippen molar-refractivity contribution in [1.82, 2.24) is 24.6 Å². The fourth-order valence-electron chi connectivity index (χ4n) is 6.13. The van der Waals surface area contributed by atoms with Gasteiger partial charge in [-0.2, -0.15) is 5.10 Å². The van der Waals surface area contributed by atoms with Crippen LogP contribution in [0.1, 0.15) is 23.9 Å². The van der Waals surface area contributed by atoms with Gasteiger partial charge in [0.05, 0.1) is 11.4 Å². The Bertz CT molecular complexity index is 1850. The highest BCUT2D eigenvalue weighted by atomic mass is 16.1. The van der Waals surface area contributed by atoms with E-state index in [1.54, 1.807) is 0 Å². The molecule has 0 spiro atoms. The molecule has 43 heavy (non-hydrogen) atoms. The number of aryl methyl sites for hydroxylation is 3. The van der Waals surface area contributed by atoms with Crippen molar-refractivity contribution < 1.29 is 4.79 Å². The highest BCUT2D eigenvalue weighted by molar-refractivity contribution is 6.05. The number of rotatable bonds is 6. The normalized spacial score (nSPS) is 15.7. The number of anilines is 2. The average Bonchev–Trinajstić information content (AvgIpc) is 3.50. The molecule has 8 nitrogen and oxygen atoms in total. The van der Waals surface area contributed by atoms with Crippen LogP contribution in [0.25, 0.3) is 44.5 Å². The fourth-order valence-corrected chi connectivity index (χ4v) is 6.13. The molecule has 220 valence electrons. The van der Waals surface area contributed by atoms with Gasteiger partial charge in [0.2, 0.25) is 5.91 Å². The number of nitrogens with one attached hydrogen (secondary N) is 2. The van der Waals surface area contributed by atoms with Crippen LogP contribution < -0.4 is 10.2 Å². The van der Waals surface area contributed by atoms with Crippen molar-refractivity contribution in [3.8, 4) is 33.5 Å². The van der Waals surface area contributed by atoms with Gasteiger partial charge in [-0.25, -0.2) is 4.98 Å². The minimum absolute atomic E-state index is 0.236. The summed E-state index contributed by atoms with van der Waals surface area (Å²) in [5, 5.41) is 8.62. The van der Waals surface area contributed by atoms with Crippen LogP contribution in [0.4, 0.5) is 11.4 Å². The first-order chi connectivity index (χ1) is 20.6. The molecule has 0 bridgehead atoms. The number of aromatic nitrogens is 4. The van der Waals surface area contributed by atoms with E-state index in [0.717, 1.165) is 86.8 Å². The molecule has 8 heteroatoms. The minimum Gasteiger partial charge on any atom is -0.369 e. The minimum atomic E-state index is -0.236. The molecule has 1 aliphatic heterocycles. The summed E-state index contributed by atoms with van der Waals surface area (Å²) in [6, 6.07) is 17.7. The molecule has 0 radical (unpaired) electrons.